The van der Waals surface area contributed by atoms with Crippen molar-refractivity contribution in [3.63, 3.8) is 0 Å². The lowest BCUT2D eigenvalue weighted by molar-refractivity contribution is 0.0947. The third-order valence-electron chi connectivity index (χ3n) is 4.94. The van der Waals surface area contributed by atoms with E-state index in [1.807, 2.05) is 11.8 Å². The predicted molar refractivity (Wildman–Crippen MR) is 93.4 cm³/mol. The summed E-state index contributed by atoms with van der Waals surface area (Å²) in [7, 11) is 0. The van der Waals surface area contributed by atoms with Crippen molar-refractivity contribution in [2.45, 2.75) is 31.8 Å². The molecule has 3 N–H and O–H groups in total. The number of likely N-dealkylation sites (tertiary alicyclic amines) is 1. The lowest BCUT2D eigenvalue weighted by atomic mass is 9.94. The first-order chi connectivity index (χ1) is 11.8. The molecule has 6 nitrogen and oxygen atoms in total. The molecule has 0 aromatic heterocycles. The van der Waals surface area contributed by atoms with Crippen LogP contribution in [0.1, 0.15) is 31.4 Å². The minimum Gasteiger partial charge on any atom is -0.450 e. The fourth-order valence-corrected chi connectivity index (χ4v) is 3.54. The van der Waals surface area contributed by atoms with Crippen molar-refractivity contribution in [1.29, 1.82) is 0 Å². The molecule has 2 saturated heterocycles. The van der Waals surface area contributed by atoms with Gasteiger partial charge in [-0.05, 0) is 25.3 Å². The van der Waals surface area contributed by atoms with Gasteiger partial charge in [0.15, 0.2) is 0 Å². The highest BCUT2D eigenvalue weighted by Crippen LogP contribution is 2.24. The first-order valence-electron chi connectivity index (χ1n) is 8.96. The normalized spacial score (nSPS) is 25.0. The monoisotopic (exact) mass is 332 g/mol. The fraction of sp³-hybridized carbons (Fsp3) is 0.611. The fourth-order valence-electron chi connectivity index (χ4n) is 3.54. The highest BCUT2D eigenvalue weighted by Gasteiger charge is 2.29. The molecule has 0 spiro atoms. The number of benzene rings is 1. The van der Waals surface area contributed by atoms with Gasteiger partial charge in [-0.1, -0.05) is 30.3 Å². The third-order valence-corrected chi connectivity index (χ3v) is 4.94. The Hall–Kier alpha value is -1.63. The van der Waals surface area contributed by atoms with Gasteiger partial charge in [0, 0.05) is 38.1 Å². The summed E-state index contributed by atoms with van der Waals surface area (Å²) in [6.45, 7) is 5.79. The van der Waals surface area contributed by atoms with Crippen LogP contribution in [0.3, 0.4) is 0 Å². The van der Waals surface area contributed by atoms with Crippen molar-refractivity contribution in [2.24, 2.45) is 5.92 Å². The van der Waals surface area contributed by atoms with E-state index in [4.69, 9.17) is 4.74 Å². The summed E-state index contributed by atoms with van der Waals surface area (Å²) in [4.78, 5) is 13.6. The molecular weight excluding hydrogens is 304 g/mol. The van der Waals surface area contributed by atoms with Crippen LogP contribution < -0.4 is 16.2 Å². The van der Waals surface area contributed by atoms with Gasteiger partial charge < -0.3 is 15.0 Å². The van der Waals surface area contributed by atoms with E-state index in [0.717, 1.165) is 39.0 Å². The van der Waals surface area contributed by atoms with Gasteiger partial charge in [-0.15, -0.1) is 0 Å². The molecule has 1 amide bonds. The minimum atomic E-state index is -0.177. The second-order valence-electron chi connectivity index (χ2n) is 6.54. The first-order valence-corrected chi connectivity index (χ1v) is 8.96. The maximum atomic E-state index is 11.7. The molecule has 6 heteroatoms. The van der Waals surface area contributed by atoms with Crippen LogP contribution in [0.5, 0.6) is 0 Å². The summed E-state index contributed by atoms with van der Waals surface area (Å²) in [6, 6.07) is 11.4. The van der Waals surface area contributed by atoms with Gasteiger partial charge in [0.05, 0.1) is 12.6 Å². The number of hydrazine groups is 1. The van der Waals surface area contributed by atoms with Crippen LogP contribution in [0, 0.1) is 5.92 Å². The average molecular weight is 332 g/mol. The Morgan fingerprint density at radius 1 is 1.29 bits per heavy atom. The van der Waals surface area contributed by atoms with Crippen LogP contribution in [0.25, 0.3) is 0 Å². The zero-order valence-electron chi connectivity index (χ0n) is 14.3. The quantitative estimate of drug-likeness (QED) is 0.765. The van der Waals surface area contributed by atoms with Crippen LogP contribution in [0.15, 0.2) is 30.3 Å². The van der Waals surface area contributed by atoms with Crippen molar-refractivity contribution in [3.8, 4) is 0 Å². The van der Waals surface area contributed by atoms with Gasteiger partial charge in [-0.2, -0.15) is 0 Å². The molecule has 1 aromatic carbocycles. The summed E-state index contributed by atoms with van der Waals surface area (Å²) in [6.07, 6.45) is 1.80. The van der Waals surface area contributed by atoms with Crippen molar-refractivity contribution in [3.05, 3.63) is 35.9 Å². The molecule has 2 atom stereocenters. The number of nitrogens with one attached hydrogen (secondary N) is 3. The van der Waals surface area contributed by atoms with Gasteiger partial charge >= 0.3 is 6.09 Å². The predicted octanol–water partition coefficient (Wildman–Crippen LogP) is 1.66. The molecule has 2 aliphatic rings. The molecule has 24 heavy (non-hydrogen) atoms. The largest absolute Gasteiger partial charge is 0.450 e. The summed E-state index contributed by atoms with van der Waals surface area (Å²) >= 11 is 0. The standard InChI is InChI=1S/C18H28N4O2/c1-2-24-18(23)22-10-8-16(9-11-22)19-12-15-13-20-21-17(15)14-6-4-3-5-7-14/h3-7,15-17,19-21H,2,8-13H2,1H3. The molecule has 2 aliphatic heterocycles. The number of hydrogen-bond donors (Lipinski definition) is 3. The Bertz CT molecular complexity index is 517. The number of ether oxygens (including phenoxy) is 1. The number of amides is 1. The molecule has 0 bridgehead atoms. The second-order valence-corrected chi connectivity index (χ2v) is 6.54. The second kappa shape index (κ2) is 8.46. The van der Waals surface area contributed by atoms with E-state index in [1.165, 1.54) is 5.56 Å². The van der Waals surface area contributed by atoms with Crippen molar-refractivity contribution >= 4 is 6.09 Å². The Labute approximate surface area is 143 Å². The van der Waals surface area contributed by atoms with E-state index in [-0.39, 0.29) is 6.09 Å². The lowest BCUT2D eigenvalue weighted by Gasteiger charge is -2.32. The molecule has 0 radical (unpaired) electrons. The number of piperidine rings is 1. The highest BCUT2D eigenvalue weighted by molar-refractivity contribution is 5.67. The number of nitrogens with zero attached hydrogens (tertiary/aromatic N) is 1. The molecule has 1 aromatic rings. The van der Waals surface area contributed by atoms with E-state index >= 15 is 0 Å². The molecule has 2 heterocycles. The molecule has 2 fully saturated rings. The van der Waals surface area contributed by atoms with E-state index in [9.17, 15) is 4.79 Å². The van der Waals surface area contributed by atoms with Crippen LogP contribution in [0.2, 0.25) is 0 Å². The van der Waals surface area contributed by atoms with Crippen molar-refractivity contribution in [2.75, 3.05) is 32.8 Å². The van der Waals surface area contributed by atoms with Gasteiger partial charge in [-0.3, -0.25) is 5.43 Å². The molecule has 2 unspecified atom stereocenters. The summed E-state index contributed by atoms with van der Waals surface area (Å²) in [5, 5.41) is 3.70. The first kappa shape index (κ1) is 17.2. The Balaban J connectivity index is 1.44. The molecule has 0 aliphatic carbocycles. The maximum Gasteiger partial charge on any atom is 0.409 e. The zero-order chi connectivity index (χ0) is 16.8. The van der Waals surface area contributed by atoms with Gasteiger partial charge in [0.1, 0.15) is 0 Å². The highest BCUT2D eigenvalue weighted by atomic mass is 16.6. The summed E-state index contributed by atoms with van der Waals surface area (Å²) < 4.78 is 5.07. The van der Waals surface area contributed by atoms with Gasteiger partial charge in [0.2, 0.25) is 0 Å². The summed E-state index contributed by atoms with van der Waals surface area (Å²) in [5.74, 6) is 0.524. The molecule has 0 saturated carbocycles. The van der Waals surface area contributed by atoms with Crippen molar-refractivity contribution < 1.29 is 9.53 Å². The molecule has 3 rings (SSSR count). The lowest BCUT2D eigenvalue weighted by Crippen LogP contribution is -2.46. The van der Waals surface area contributed by atoms with E-state index < -0.39 is 0 Å². The third kappa shape index (κ3) is 4.26. The Morgan fingerprint density at radius 3 is 2.75 bits per heavy atom. The van der Waals surface area contributed by atoms with Gasteiger partial charge in [-0.25, -0.2) is 10.2 Å². The SMILES string of the molecule is CCOC(=O)N1CCC(NCC2CNNC2c2ccccc2)CC1. The van der Waals surface area contributed by atoms with E-state index in [2.05, 4.69) is 46.5 Å². The van der Waals surface area contributed by atoms with Crippen LogP contribution in [-0.4, -0.2) is 49.8 Å². The topological polar surface area (TPSA) is 65.6 Å². The van der Waals surface area contributed by atoms with E-state index in [1.54, 1.807) is 0 Å². The van der Waals surface area contributed by atoms with Crippen LogP contribution in [0.4, 0.5) is 4.79 Å². The van der Waals surface area contributed by atoms with Gasteiger partial charge in [0.25, 0.3) is 0 Å². The Kier molecular flexibility index (Phi) is 6.07. The number of carbonyl (C=O) groups excluding carboxylic acids is 1. The van der Waals surface area contributed by atoms with Crippen LogP contribution in [-0.2, 0) is 4.74 Å². The number of rotatable bonds is 5. The maximum absolute atomic E-state index is 11.7. The zero-order valence-corrected chi connectivity index (χ0v) is 14.3. The van der Waals surface area contributed by atoms with Crippen molar-refractivity contribution in [1.82, 2.24) is 21.1 Å². The molecule has 132 valence electrons. The number of hydrogen-bond acceptors (Lipinski definition) is 5. The minimum absolute atomic E-state index is 0.177. The Morgan fingerprint density at radius 2 is 2.04 bits per heavy atom. The summed E-state index contributed by atoms with van der Waals surface area (Å²) in [5.41, 5.74) is 8.00. The average Bonchev–Trinajstić information content (AvgIpc) is 3.10. The smallest absolute Gasteiger partial charge is 0.409 e. The van der Waals surface area contributed by atoms with Crippen LogP contribution >= 0.6 is 0 Å². The number of carbonyl (C=O) groups is 1. The van der Waals surface area contributed by atoms with E-state index in [0.29, 0.717) is 24.6 Å². The molecular formula is C18H28N4O2.